The van der Waals surface area contributed by atoms with Gasteiger partial charge in [0.1, 0.15) is 5.75 Å². The first-order valence-corrected chi connectivity index (χ1v) is 11.4. The van der Waals surface area contributed by atoms with Crippen LogP contribution in [0.1, 0.15) is 48.3 Å². The molecule has 1 aliphatic rings. The third-order valence-electron chi connectivity index (χ3n) is 6.17. The number of para-hydroxylation sites is 1. The van der Waals surface area contributed by atoms with Crippen LogP contribution in [0.15, 0.2) is 29.3 Å². The zero-order valence-electron chi connectivity index (χ0n) is 20.1. The van der Waals surface area contributed by atoms with Gasteiger partial charge < -0.3 is 15.4 Å². The van der Waals surface area contributed by atoms with Crippen LogP contribution in [-0.2, 0) is 13.5 Å². The summed E-state index contributed by atoms with van der Waals surface area (Å²) in [5.41, 5.74) is 4.86. The van der Waals surface area contributed by atoms with E-state index in [-0.39, 0.29) is 30.0 Å². The molecule has 0 aliphatic carbocycles. The van der Waals surface area contributed by atoms with Gasteiger partial charge in [-0.05, 0) is 64.8 Å². The number of ether oxygens (including phenoxy) is 1. The standard InChI is InChI=1S/C24H38N6O.HI/c1-6-25-24(26-14-13-20-18(2)28-29(4)19(20)3)27-17-22(30-15-9-10-16-30)21-11-7-8-12-23(21)31-5;/h7-8,11-12,22H,6,9-10,13-17H2,1-5H3,(H2,25,26,27);1H. The van der Waals surface area contributed by atoms with Gasteiger partial charge in [-0.25, -0.2) is 0 Å². The Bertz CT molecular complexity index is 875. The summed E-state index contributed by atoms with van der Waals surface area (Å²) in [6.07, 6.45) is 3.42. The van der Waals surface area contributed by atoms with Crippen molar-refractivity contribution in [3.05, 3.63) is 46.8 Å². The van der Waals surface area contributed by atoms with Crippen LogP contribution in [0.2, 0.25) is 0 Å². The number of likely N-dealkylation sites (tertiary alicyclic amines) is 1. The molecule has 1 saturated heterocycles. The third kappa shape index (κ3) is 6.60. The Morgan fingerprint density at radius 2 is 1.91 bits per heavy atom. The predicted octanol–water partition coefficient (Wildman–Crippen LogP) is 3.60. The number of nitrogens with one attached hydrogen (secondary N) is 2. The minimum absolute atomic E-state index is 0. The Labute approximate surface area is 210 Å². The lowest BCUT2D eigenvalue weighted by Gasteiger charge is -2.28. The molecule has 1 aromatic heterocycles. The van der Waals surface area contributed by atoms with E-state index in [9.17, 15) is 0 Å². The third-order valence-corrected chi connectivity index (χ3v) is 6.17. The first-order chi connectivity index (χ1) is 15.0. The molecule has 1 fully saturated rings. The number of methoxy groups -OCH3 is 1. The van der Waals surface area contributed by atoms with Crippen LogP contribution < -0.4 is 15.4 Å². The van der Waals surface area contributed by atoms with Crippen molar-refractivity contribution in [1.82, 2.24) is 25.3 Å². The quantitative estimate of drug-likeness (QED) is 0.282. The molecule has 2 heterocycles. The minimum Gasteiger partial charge on any atom is -0.496 e. The van der Waals surface area contributed by atoms with Crippen molar-refractivity contribution in [1.29, 1.82) is 0 Å². The van der Waals surface area contributed by atoms with Gasteiger partial charge >= 0.3 is 0 Å². The molecule has 178 valence electrons. The van der Waals surface area contributed by atoms with Crippen molar-refractivity contribution >= 4 is 29.9 Å². The molecular formula is C24H39IN6O. The number of hydrogen-bond donors (Lipinski definition) is 2. The maximum atomic E-state index is 5.66. The summed E-state index contributed by atoms with van der Waals surface area (Å²) in [6.45, 7) is 10.9. The van der Waals surface area contributed by atoms with Gasteiger partial charge in [0.25, 0.3) is 0 Å². The number of hydrogen-bond acceptors (Lipinski definition) is 4. The van der Waals surface area contributed by atoms with Gasteiger partial charge in [-0.1, -0.05) is 18.2 Å². The molecule has 3 rings (SSSR count). The van der Waals surface area contributed by atoms with Gasteiger partial charge in [-0.15, -0.1) is 24.0 Å². The molecule has 32 heavy (non-hydrogen) atoms. The molecule has 1 atom stereocenters. The highest BCUT2D eigenvalue weighted by Crippen LogP contribution is 2.31. The van der Waals surface area contributed by atoms with Crippen LogP contribution in [0.25, 0.3) is 0 Å². The summed E-state index contributed by atoms with van der Waals surface area (Å²) in [7, 11) is 3.75. The number of aryl methyl sites for hydroxylation is 2. The SMILES string of the molecule is CCNC(=NCC(c1ccccc1OC)N1CCCC1)NCCc1c(C)nn(C)c1C.I. The number of aliphatic imine (C=N–C) groups is 1. The maximum Gasteiger partial charge on any atom is 0.191 e. The summed E-state index contributed by atoms with van der Waals surface area (Å²) < 4.78 is 7.62. The summed E-state index contributed by atoms with van der Waals surface area (Å²) in [4.78, 5) is 7.50. The number of aromatic nitrogens is 2. The summed E-state index contributed by atoms with van der Waals surface area (Å²) in [6, 6.07) is 8.56. The fraction of sp³-hybridized carbons (Fsp3) is 0.583. The molecule has 8 heteroatoms. The van der Waals surface area contributed by atoms with E-state index in [0.717, 1.165) is 50.0 Å². The maximum absolute atomic E-state index is 5.66. The van der Waals surface area contributed by atoms with E-state index >= 15 is 0 Å². The Morgan fingerprint density at radius 1 is 1.19 bits per heavy atom. The lowest BCUT2D eigenvalue weighted by molar-refractivity contribution is 0.245. The Hall–Kier alpha value is -1.81. The average molecular weight is 555 g/mol. The molecule has 0 radical (unpaired) electrons. The Morgan fingerprint density at radius 3 is 2.53 bits per heavy atom. The highest BCUT2D eigenvalue weighted by Gasteiger charge is 2.25. The van der Waals surface area contributed by atoms with E-state index in [1.54, 1.807) is 7.11 Å². The average Bonchev–Trinajstić information content (AvgIpc) is 3.38. The highest BCUT2D eigenvalue weighted by atomic mass is 127. The lowest BCUT2D eigenvalue weighted by Crippen LogP contribution is -2.39. The fourth-order valence-corrected chi connectivity index (χ4v) is 4.41. The van der Waals surface area contributed by atoms with Crippen molar-refractivity contribution in [3.8, 4) is 5.75 Å². The van der Waals surface area contributed by atoms with Gasteiger partial charge in [0.2, 0.25) is 0 Å². The normalized spacial score (nSPS) is 15.3. The summed E-state index contributed by atoms with van der Waals surface area (Å²) in [5, 5.41) is 11.4. The summed E-state index contributed by atoms with van der Waals surface area (Å²) >= 11 is 0. The van der Waals surface area contributed by atoms with E-state index in [1.807, 2.05) is 23.9 Å². The van der Waals surface area contributed by atoms with Crippen molar-refractivity contribution in [3.63, 3.8) is 0 Å². The zero-order valence-corrected chi connectivity index (χ0v) is 22.5. The number of halogens is 1. The minimum atomic E-state index is 0. The molecule has 0 bridgehead atoms. The Balaban J connectivity index is 0.00000363. The van der Waals surface area contributed by atoms with Gasteiger partial charge in [0.05, 0.1) is 25.4 Å². The summed E-state index contributed by atoms with van der Waals surface area (Å²) in [5.74, 6) is 1.80. The van der Waals surface area contributed by atoms with Crippen molar-refractivity contribution in [2.45, 2.75) is 46.1 Å². The van der Waals surface area contributed by atoms with Crippen LogP contribution in [0.5, 0.6) is 5.75 Å². The predicted molar refractivity (Wildman–Crippen MR) is 142 cm³/mol. The number of benzene rings is 1. The van der Waals surface area contributed by atoms with Crippen LogP contribution in [0.4, 0.5) is 0 Å². The van der Waals surface area contributed by atoms with Gasteiger partial charge in [0, 0.05) is 31.4 Å². The molecular weight excluding hydrogens is 515 g/mol. The first kappa shape index (κ1) is 26.4. The molecule has 0 spiro atoms. The van der Waals surface area contributed by atoms with E-state index in [4.69, 9.17) is 9.73 Å². The monoisotopic (exact) mass is 554 g/mol. The second kappa shape index (κ2) is 13.0. The number of guanidine groups is 1. The molecule has 0 amide bonds. The Kier molecular flexibility index (Phi) is 10.8. The molecule has 1 unspecified atom stereocenters. The van der Waals surface area contributed by atoms with Crippen molar-refractivity contribution in [2.75, 3.05) is 39.8 Å². The molecule has 1 aromatic carbocycles. The topological polar surface area (TPSA) is 66.7 Å². The largest absolute Gasteiger partial charge is 0.496 e. The van der Waals surface area contributed by atoms with E-state index in [2.05, 4.69) is 53.5 Å². The van der Waals surface area contributed by atoms with E-state index in [0.29, 0.717) is 6.54 Å². The molecule has 2 N–H and O–H groups in total. The van der Waals surface area contributed by atoms with Gasteiger partial charge in [-0.3, -0.25) is 14.6 Å². The van der Waals surface area contributed by atoms with Crippen LogP contribution in [-0.4, -0.2) is 60.5 Å². The van der Waals surface area contributed by atoms with Crippen LogP contribution in [0, 0.1) is 13.8 Å². The van der Waals surface area contributed by atoms with Gasteiger partial charge in [-0.2, -0.15) is 5.10 Å². The number of rotatable bonds is 9. The smallest absolute Gasteiger partial charge is 0.191 e. The van der Waals surface area contributed by atoms with Crippen molar-refractivity contribution < 1.29 is 4.74 Å². The van der Waals surface area contributed by atoms with Gasteiger partial charge in [0.15, 0.2) is 5.96 Å². The van der Waals surface area contributed by atoms with Crippen molar-refractivity contribution in [2.24, 2.45) is 12.0 Å². The van der Waals surface area contributed by atoms with E-state index < -0.39 is 0 Å². The fourth-order valence-electron chi connectivity index (χ4n) is 4.41. The molecule has 7 nitrogen and oxygen atoms in total. The molecule has 0 saturated carbocycles. The molecule has 2 aromatic rings. The zero-order chi connectivity index (χ0) is 22.2. The van der Waals surface area contributed by atoms with Crippen LogP contribution >= 0.6 is 24.0 Å². The lowest BCUT2D eigenvalue weighted by atomic mass is 10.0. The van der Waals surface area contributed by atoms with Crippen LogP contribution in [0.3, 0.4) is 0 Å². The second-order valence-electron chi connectivity index (χ2n) is 8.17. The first-order valence-electron chi connectivity index (χ1n) is 11.4. The number of nitrogens with zero attached hydrogens (tertiary/aromatic N) is 4. The van der Waals surface area contributed by atoms with E-state index in [1.165, 1.54) is 29.7 Å². The second-order valence-corrected chi connectivity index (χ2v) is 8.17. The molecule has 1 aliphatic heterocycles. The highest BCUT2D eigenvalue weighted by molar-refractivity contribution is 14.0.